The molecule has 11 heteroatoms. The number of methoxy groups -OCH3 is 1. The lowest BCUT2D eigenvalue weighted by molar-refractivity contribution is 0.101. The van der Waals surface area contributed by atoms with Gasteiger partial charge in [-0.3, -0.25) is 4.18 Å². The van der Waals surface area contributed by atoms with Crippen molar-refractivity contribution < 1.29 is 22.4 Å². The molecule has 1 fully saturated rings. The topological polar surface area (TPSA) is 144 Å². The average molecular weight is 460 g/mol. The molecule has 1 aliphatic heterocycles. The lowest BCUT2D eigenvalue weighted by Gasteiger charge is -2.26. The molecule has 0 amide bonds. The van der Waals surface area contributed by atoms with Gasteiger partial charge in [0.05, 0.1) is 36.7 Å². The fraction of sp³-hybridized carbons (Fsp3) is 0.429. The van der Waals surface area contributed by atoms with Crippen LogP contribution in [0.1, 0.15) is 18.4 Å². The van der Waals surface area contributed by atoms with Gasteiger partial charge in [-0.15, -0.1) is 0 Å². The van der Waals surface area contributed by atoms with Crippen molar-refractivity contribution >= 4 is 27.0 Å². The maximum atomic E-state index is 11.1. The van der Waals surface area contributed by atoms with E-state index in [1.807, 2.05) is 18.2 Å². The van der Waals surface area contributed by atoms with Crippen LogP contribution in [0, 0.1) is 5.92 Å². The lowest BCUT2D eigenvalue weighted by Crippen LogP contribution is -2.32. The van der Waals surface area contributed by atoms with Gasteiger partial charge in [0.25, 0.3) is 0 Å². The average Bonchev–Trinajstić information content (AvgIpc) is 3.47. The Kier molecular flexibility index (Phi) is 5.28. The van der Waals surface area contributed by atoms with Gasteiger partial charge in [0.1, 0.15) is 17.9 Å². The van der Waals surface area contributed by atoms with E-state index < -0.39 is 16.4 Å². The van der Waals surface area contributed by atoms with Crippen LogP contribution >= 0.6 is 0 Å². The zero-order valence-corrected chi connectivity index (χ0v) is 18.4. The van der Waals surface area contributed by atoms with E-state index in [1.54, 1.807) is 13.4 Å². The maximum absolute atomic E-state index is 11.1. The van der Waals surface area contributed by atoms with Gasteiger partial charge in [0.15, 0.2) is 0 Å². The number of hydrogen-bond donors (Lipinski definition) is 3. The summed E-state index contributed by atoms with van der Waals surface area (Å²) in [4.78, 5) is 14.7. The Bertz CT molecular complexity index is 1260. The number of ether oxygens (including phenoxy) is 1. The molecule has 32 heavy (non-hydrogen) atoms. The molecule has 1 aromatic carbocycles. The summed E-state index contributed by atoms with van der Waals surface area (Å²) in [6.45, 7) is 0.633. The van der Waals surface area contributed by atoms with Gasteiger partial charge in [-0.1, -0.05) is 12.1 Å². The molecule has 1 saturated carbocycles. The predicted molar refractivity (Wildman–Crippen MR) is 119 cm³/mol. The molecule has 3 aromatic rings. The number of hydrogen-bond acceptors (Lipinski definition) is 8. The van der Waals surface area contributed by atoms with Crippen LogP contribution in [0.2, 0.25) is 0 Å². The third-order valence-corrected chi connectivity index (χ3v) is 6.87. The van der Waals surface area contributed by atoms with E-state index in [2.05, 4.69) is 25.9 Å². The van der Waals surface area contributed by atoms with Gasteiger partial charge in [0.2, 0.25) is 0 Å². The summed E-state index contributed by atoms with van der Waals surface area (Å²) in [5.74, 6) is 1.32. The maximum Gasteiger partial charge on any atom is 0.333 e. The summed E-state index contributed by atoms with van der Waals surface area (Å²) >= 11 is 0. The number of aliphatic hydroxyl groups excluding tert-OH is 1. The van der Waals surface area contributed by atoms with E-state index in [1.165, 1.54) is 0 Å². The highest BCUT2D eigenvalue weighted by Crippen LogP contribution is 2.40. The molecule has 170 valence electrons. The fourth-order valence-electron chi connectivity index (χ4n) is 4.92. The summed E-state index contributed by atoms with van der Waals surface area (Å²) in [7, 11) is -2.38. The number of aromatic amines is 1. The van der Waals surface area contributed by atoms with Crippen LogP contribution in [0.4, 0.5) is 5.82 Å². The Hall–Kier alpha value is -2.73. The Morgan fingerprint density at radius 1 is 1.31 bits per heavy atom. The monoisotopic (exact) mass is 459 g/mol. The molecular weight excluding hydrogens is 434 g/mol. The number of aliphatic hydroxyl groups is 1. The quantitative estimate of drug-likeness (QED) is 0.501. The van der Waals surface area contributed by atoms with Crippen LogP contribution in [0.3, 0.4) is 0 Å². The second-order valence-corrected chi connectivity index (χ2v) is 9.53. The van der Waals surface area contributed by atoms with Crippen LogP contribution in [0.15, 0.2) is 30.6 Å². The molecule has 2 aliphatic rings. The van der Waals surface area contributed by atoms with E-state index in [-0.39, 0.29) is 18.6 Å². The van der Waals surface area contributed by atoms with E-state index in [0.717, 1.165) is 52.4 Å². The van der Waals surface area contributed by atoms with Crippen LogP contribution < -0.4 is 14.8 Å². The highest BCUT2D eigenvalue weighted by molar-refractivity contribution is 7.84. The highest BCUT2D eigenvalue weighted by Gasteiger charge is 2.40. The minimum Gasteiger partial charge on any atom is -0.495 e. The number of fused-ring (bicyclic) bond motifs is 2. The van der Waals surface area contributed by atoms with Crippen LogP contribution in [0.5, 0.6) is 5.75 Å². The molecule has 0 radical (unpaired) electrons. The van der Waals surface area contributed by atoms with Crippen molar-refractivity contribution in [1.82, 2.24) is 15.0 Å². The molecule has 5 rings (SSSR count). The summed E-state index contributed by atoms with van der Waals surface area (Å²) in [6.07, 6.45) is 2.79. The zero-order chi connectivity index (χ0) is 22.5. The van der Waals surface area contributed by atoms with E-state index in [9.17, 15) is 13.5 Å². The zero-order valence-electron chi connectivity index (χ0n) is 17.6. The van der Waals surface area contributed by atoms with Crippen molar-refractivity contribution in [1.29, 1.82) is 0 Å². The van der Waals surface area contributed by atoms with Crippen LogP contribution in [-0.4, -0.2) is 60.9 Å². The Balaban J connectivity index is 1.41. The number of para-hydroxylation sites is 1. The summed E-state index contributed by atoms with van der Waals surface area (Å²) in [5, 5.41) is 16.4. The van der Waals surface area contributed by atoms with Crippen molar-refractivity contribution in [2.45, 2.75) is 31.4 Å². The third kappa shape index (κ3) is 3.81. The first-order valence-corrected chi connectivity index (χ1v) is 11.9. The first-order chi connectivity index (χ1) is 15.3. The molecule has 3 unspecified atom stereocenters. The molecule has 3 heterocycles. The second-order valence-electron chi connectivity index (χ2n) is 8.31. The van der Waals surface area contributed by atoms with Gasteiger partial charge in [-0.05, 0) is 31.4 Å². The van der Waals surface area contributed by atoms with Crippen molar-refractivity contribution in [2.75, 3.05) is 25.2 Å². The Morgan fingerprint density at radius 2 is 2.16 bits per heavy atom. The Morgan fingerprint density at radius 3 is 2.94 bits per heavy atom. The SMILES string of the molecule is COc1cccc2cc(-c3ncnc4c3CCN4C3CC(O)C(COS(N)(=O)=O)C3)[nH]c12. The first-order valence-electron chi connectivity index (χ1n) is 10.5. The molecule has 1 aliphatic carbocycles. The number of aromatic nitrogens is 3. The summed E-state index contributed by atoms with van der Waals surface area (Å²) < 4.78 is 32.4. The van der Waals surface area contributed by atoms with Gasteiger partial charge >= 0.3 is 10.3 Å². The number of rotatable bonds is 6. The number of benzene rings is 1. The predicted octanol–water partition coefficient (Wildman–Crippen LogP) is 1.36. The molecule has 2 aromatic heterocycles. The second kappa shape index (κ2) is 8.00. The number of H-pyrrole nitrogens is 1. The minimum atomic E-state index is -4.03. The highest BCUT2D eigenvalue weighted by atomic mass is 32.2. The lowest BCUT2D eigenvalue weighted by atomic mass is 10.1. The van der Waals surface area contributed by atoms with Gasteiger partial charge in [0, 0.05) is 29.5 Å². The standard InChI is InChI=1S/C21H25N5O5S/c1-30-18-4-2-3-12-8-16(25-19(12)18)20-15-5-6-26(21(15)24-11-23-20)14-7-13(17(27)9-14)10-31-32(22,28)29/h2-4,8,11,13-14,17,25,27H,5-7,9-10H2,1H3,(H2,22,28,29). The first kappa shape index (κ1) is 21.1. The normalized spacial score (nSPS) is 23.1. The molecule has 10 nitrogen and oxygen atoms in total. The van der Waals surface area contributed by atoms with Gasteiger partial charge in [-0.25, -0.2) is 15.1 Å². The number of nitrogens with one attached hydrogen (secondary N) is 1. The smallest absolute Gasteiger partial charge is 0.333 e. The fourth-order valence-corrected chi connectivity index (χ4v) is 5.29. The van der Waals surface area contributed by atoms with Crippen molar-refractivity contribution in [3.8, 4) is 17.1 Å². The molecule has 0 saturated heterocycles. The van der Waals surface area contributed by atoms with Gasteiger partial charge < -0.3 is 19.7 Å². The van der Waals surface area contributed by atoms with E-state index in [0.29, 0.717) is 12.8 Å². The molecule has 3 atom stereocenters. The Labute approximate surface area is 185 Å². The molecular formula is C21H25N5O5S. The van der Waals surface area contributed by atoms with Crippen LogP contribution in [0.25, 0.3) is 22.3 Å². The molecule has 0 bridgehead atoms. The van der Waals surface area contributed by atoms with Crippen molar-refractivity contribution in [3.05, 3.63) is 36.2 Å². The molecule has 4 N–H and O–H groups in total. The van der Waals surface area contributed by atoms with Crippen molar-refractivity contribution in [3.63, 3.8) is 0 Å². The largest absolute Gasteiger partial charge is 0.495 e. The third-order valence-electron chi connectivity index (χ3n) is 6.41. The van der Waals surface area contributed by atoms with Gasteiger partial charge in [-0.2, -0.15) is 8.42 Å². The number of nitrogens with zero attached hydrogens (tertiary/aromatic N) is 3. The van der Waals surface area contributed by atoms with E-state index >= 15 is 0 Å². The number of nitrogens with two attached hydrogens (primary N) is 1. The minimum absolute atomic E-state index is 0.0332. The summed E-state index contributed by atoms with van der Waals surface area (Å²) in [6, 6.07) is 7.98. The molecule has 0 spiro atoms. The summed E-state index contributed by atoms with van der Waals surface area (Å²) in [5.41, 5.74) is 3.72. The van der Waals surface area contributed by atoms with Crippen LogP contribution in [-0.2, 0) is 20.9 Å². The van der Waals surface area contributed by atoms with Crippen molar-refractivity contribution in [2.24, 2.45) is 11.1 Å². The van der Waals surface area contributed by atoms with E-state index in [4.69, 9.17) is 14.1 Å². The number of anilines is 1.